The first kappa shape index (κ1) is 10.8. The van der Waals surface area contributed by atoms with Crippen LogP contribution in [0.25, 0.3) is 0 Å². The van der Waals surface area contributed by atoms with E-state index in [9.17, 15) is 0 Å². The minimum atomic E-state index is 0.0474. The van der Waals surface area contributed by atoms with Gasteiger partial charge in [0.15, 0.2) is 0 Å². The monoisotopic (exact) mass is 220 g/mol. The van der Waals surface area contributed by atoms with E-state index in [-0.39, 0.29) is 6.04 Å². The van der Waals surface area contributed by atoms with Crippen molar-refractivity contribution in [3.63, 3.8) is 0 Å². The summed E-state index contributed by atoms with van der Waals surface area (Å²) in [7, 11) is 0. The number of hydrogen-bond donors (Lipinski definition) is 2. The Balaban J connectivity index is 2.33. The summed E-state index contributed by atoms with van der Waals surface area (Å²) in [6.45, 7) is 5.86. The molecule has 0 spiro atoms. The molecule has 0 amide bonds. The minimum Gasteiger partial charge on any atom is -0.304 e. The van der Waals surface area contributed by atoms with Crippen molar-refractivity contribution in [3.8, 4) is 0 Å². The van der Waals surface area contributed by atoms with Gasteiger partial charge in [0, 0.05) is 12.7 Å². The molecule has 0 radical (unpaired) electrons. The fourth-order valence-corrected chi connectivity index (χ4v) is 1.77. The lowest BCUT2D eigenvalue weighted by atomic mass is 10.1. The Bertz CT molecular complexity index is 418. The third-order valence-corrected chi connectivity index (χ3v) is 2.48. The smallest absolute Gasteiger partial charge is 0.105 e. The third-order valence-electron chi connectivity index (χ3n) is 2.48. The Morgan fingerprint density at radius 3 is 3.00 bits per heavy atom. The van der Waals surface area contributed by atoms with E-state index in [0.717, 1.165) is 24.5 Å². The van der Waals surface area contributed by atoms with Crippen LogP contribution in [0.15, 0.2) is 18.5 Å². The second-order valence-electron chi connectivity index (χ2n) is 3.46. The molecular formula is C10H16N6. The maximum absolute atomic E-state index is 4.27. The lowest BCUT2D eigenvalue weighted by Gasteiger charge is -2.16. The van der Waals surface area contributed by atoms with Crippen LogP contribution >= 0.6 is 0 Å². The Hall–Kier alpha value is -1.69. The Labute approximate surface area is 94.1 Å². The van der Waals surface area contributed by atoms with Crippen molar-refractivity contribution >= 4 is 0 Å². The molecule has 1 unspecified atom stereocenters. The quantitative estimate of drug-likeness (QED) is 0.779. The molecule has 86 valence electrons. The largest absolute Gasteiger partial charge is 0.304 e. The molecule has 0 fully saturated rings. The van der Waals surface area contributed by atoms with Gasteiger partial charge in [-0.1, -0.05) is 6.92 Å². The van der Waals surface area contributed by atoms with Gasteiger partial charge in [0.2, 0.25) is 0 Å². The highest BCUT2D eigenvalue weighted by Crippen LogP contribution is 2.18. The highest BCUT2D eigenvalue weighted by molar-refractivity contribution is 5.18. The first-order valence-corrected chi connectivity index (χ1v) is 5.47. The molecule has 2 aromatic heterocycles. The van der Waals surface area contributed by atoms with Crippen LogP contribution in [0.4, 0.5) is 0 Å². The molecule has 0 aliphatic rings. The zero-order valence-electron chi connectivity index (χ0n) is 9.51. The Kier molecular flexibility index (Phi) is 3.31. The molecule has 2 rings (SSSR count). The SMILES string of the molecule is CCNC(c1cn[nH]n1)c1ccnn1CC. The molecule has 0 saturated carbocycles. The van der Waals surface area contributed by atoms with E-state index in [2.05, 4.69) is 39.7 Å². The lowest BCUT2D eigenvalue weighted by Crippen LogP contribution is -2.25. The molecule has 2 N–H and O–H groups in total. The van der Waals surface area contributed by atoms with E-state index >= 15 is 0 Å². The van der Waals surface area contributed by atoms with Gasteiger partial charge in [-0.15, -0.1) is 0 Å². The molecule has 6 nitrogen and oxygen atoms in total. The average Bonchev–Trinajstić information content (AvgIpc) is 2.96. The zero-order chi connectivity index (χ0) is 11.4. The van der Waals surface area contributed by atoms with Crippen LogP contribution in [0.5, 0.6) is 0 Å². The van der Waals surface area contributed by atoms with Crippen molar-refractivity contribution in [2.45, 2.75) is 26.4 Å². The summed E-state index contributed by atoms with van der Waals surface area (Å²) in [6, 6.07) is 2.05. The van der Waals surface area contributed by atoms with Crippen molar-refractivity contribution in [2.75, 3.05) is 6.54 Å². The molecule has 2 heterocycles. The molecule has 0 aliphatic heterocycles. The number of nitrogens with zero attached hydrogens (tertiary/aromatic N) is 4. The normalized spacial score (nSPS) is 12.9. The van der Waals surface area contributed by atoms with Gasteiger partial charge in [-0.3, -0.25) is 4.68 Å². The topological polar surface area (TPSA) is 71.4 Å². The van der Waals surface area contributed by atoms with Crippen LogP contribution in [-0.4, -0.2) is 31.7 Å². The number of nitrogens with one attached hydrogen (secondary N) is 2. The lowest BCUT2D eigenvalue weighted by molar-refractivity contribution is 0.534. The summed E-state index contributed by atoms with van der Waals surface area (Å²) in [4.78, 5) is 0. The van der Waals surface area contributed by atoms with Gasteiger partial charge in [0.25, 0.3) is 0 Å². The zero-order valence-corrected chi connectivity index (χ0v) is 9.51. The van der Waals surface area contributed by atoms with Crippen molar-refractivity contribution in [3.05, 3.63) is 29.8 Å². The summed E-state index contributed by atoms with van der Waals surface area (Å²) in [6.07, 6.45) is 3.55. The predicted molar refractivity (Wildman–Crippen MR) is 59.8 cm³/mol. The number of hydrogen-bond acceptors (Lipinski definition) is 4. The fourth-order valence-electron chi connectivity index (χ4n) is 1.77. The van der Waals surface area contributed by atoms with E-state index in [4.69, 9.17) is 0 Å². The molecule has 0 saturated heterocycles. The molecule has 16 heavy (non-hydrogen) atoms. The minimum absolute atomic E-state index is 0.0474. The average molecular weight is 220 g/mol. The van der Waals surface area contributed by atoms with E-state index in [1.165, 1.54) is 0 Å². The van der Waals surface area contributed by atoms with E-state index in [1.807, 2.05) is 16.9 Å². The van der Waals surface area contributed by atoms with Gasteiger partial charge in [-0.25, -0.2) is 0 Å². The number of aromatic amines is 1. The number of aromatic nitrogens is 5. The number of rotatable bonds is 5. The highest BCUT2D eigenvalue weighted by atomic mass is 15.3. The predicted octanol–water partition coefficient (Wildman–Crippen LogP) is 0.720. The Morgan fingerprint density at radius 2 is 2.38 bits per heavy atom. The second-order valence-corrected chi connectivity index (χ2v) is 3.46. The van der Waals surface area contributed by atoms with Crippen LogP contribution in [0.3, 0.4) is 0 Å². The van der Waals surface area contributed by atoms with Crippen LogP contribution in [-0.2, 0) is 6.54 Å². The van der Waals surface area contributed by atoms with Crippen LogP contribution in [0.1, 0.15) is 31.3 Å². The summed E-state index contributed by atoms with van der Waals surface area (Å²) < 4.78 is 1.96. The molecule has 0 bridgehead atoms. The molecular weight excluding hydrogens is 204 g/mol. The standard InChI is InChI=1S/C10H16N6/c1-3-11-10(8-7-12-15-14-8)9-5-6-13-16(9)4-2/h5-7,10-11H,3-4H2,1-2H3,(H,12,14,15). The number of H-pyrrole nitrogens is 1. The van der Waals surface area contributed by atoms with Gasteiger partial charge >= 0.3 is 0 Å². The van der Waals surface area contributed by atoms with Gasteiger partial charge in [0.05, 0.1) is 17.9 Å². The van der Waals surface area contributed by atoms with E-state index < -0.39 is 0 Å². The van der Waals surface area contributed by atoms with Crippen LogP contribution in [0, 0.1) is 0 Å². The van der Waals surface area contributed by atoms with Gasteiger partial charge < -0.3 is 5.32 Å². The van der Waals surface area contributed by atoms with Crippen molar-refractivity contribution in [2.24, 2.45) is 0 Å². The number of aryl methyl sites for hydroxylation is 1. The van der Waals surface area contributed by atoms with Gasteiger partial charge in [-0.2, -0.15) is 20.5 Å². The maximum atomic E-state index is 4.27. The first-order chi connectivity index (χ1) is 7.86. The van der Waals surface area contributed by atoms with Crippen molar-refractivity contribution in [1.82, 2.24) is 30.5 Å². The first-order valence-electron chi connectivity index (χ1n) is 5.47. The van der Waals surface area contributed by atoms with Crippen LogP contribution < -0.4 is 5.32 Å². The fraction of sp³-hybridized carbons (Fsp3) is 0.500. The summed E-state index contributed by atoms with van der Waals surface area (Å²) in [5, 5.41) is 18.3. The van der Waals surface area contributed by atoms with E-state index in [1.54, 1.807) is 6.20 Å². The van der Waals surface area contributed by atoms with Gasteiger partial charge in [0.1, 0.15) is 5.69 Å². The van der Waals surface area contributed by atoms with Crippen molar-refractivity contribution < 1.29 is 0 Å². The van der Waals surface area contributed by atoms with Gasteiger partial charge in [-0.05, 0) is 19.5 Å². The van der Waals surface area contributed by atoms with E-state index in [0.29, 0.717) is 0 Å². The highest BCUT2D eigenvalue weighted by Gasteiger charge is 2.18. The maximum Gasteiger partial charge on any atom is 0.105 e. The Morgan fingerprint density at radius 1 is 1.50 bits per heavy atom. The molecule has 0 aliphatic carbocycles. The molecule has 6 heteroatoms. The molecule has 2 aromatic rings. The summed E-state index contributed by atoms with van der Waals surface area (Å²) >= 11 is 0. The summed E-state index contributed by atoms with van der Waals surface area (Å²) in [5.41, 5.74) is 2.00. The summed E-state index contributed by atoms with van der Waals surface area (Å²) in [5.74, 6) is 0. The third kappa shape index (κ3) is 1.96. The molecule has 1 atom stereocenters. The molecule has 0 aromatic carbocycles. The van der Waals surface area contributed by atoms with Crippen LogP contribution in [0.2, 0.25) is 0 Å². The van der Waals surface area contributed by atoms with Crippen molar-refractivity contribution in [1.29, 1.82) is 0 Å². The second kappa shape index (κ2) is 4.89.